The number of hydrogen-bond acceptors (Lipinski definition) is 6. The molecule has 0 spiro atoms. The van der Waals surface area contributed by atoms with E-state index >= 15 is 0 Å². The summed E-state index contributed by atoms with van der Waals surface area (Å²) in [6.45, 7) is 0. The monoisotopic (exact) mass is 311 g/mol. The molecule has 2 heterocycles. The van der Waals surface area contributed by atoms with Crippen LogP contribution in [-0.4, -0.2) is 16.2 Å². The summed E-state index contributed by atoms with van der Waals surface area (Å²) in [5.41, 5.74) is 0.399. The maximum atomic E-state index is 11.9. The molecule has 0 fully saturated rings. The van der Waals surface area contributed by atoms with Gasteiger partial charge in [-0.25, -0.2) is 9.78 Å². The number of hydrogen-bond donors (Lipinski definition) is 1. The zero-order valence-electron chi connectivity index (χ0n) is 11.4. The summed E-state index contributed by atoms with van der Waals surface area (Å²) in [7, 11) is 0. The number of nitriles is 1. The highest BCUT2D eigenvalue weighted by Crippen LogP contribution is 2.24. The molecule has 0 unspecified atom stereocenters. The first kappa shape index (κ1) is 14.1. The Bertz CT molecular complexity index is 1030. The Kier molecular flexibility index (Phi) is 3.53. The molecule has 0 radical (unpaired) electrons. The van der Waals surface area contributed by atoms with Crippen molar-refractivity contribution < 1.29 is 4.42 Å². The van der Waals surface area contributed by atoms with E-state index in [1.165, 1.54) is 17.8 Å². The maximum absolute atomic E-state index is 11.9. The van der Waals surface area contributed by atoms with E-state index in [2.05, 4.69) is 9.97 Å². The molecule has 0 bridgehead atoms. The minimum Gasteiger partial charge on any atom is -0.423 e. The summed E-state index contributed by atoms with van der Waals surface area (Å²) in [5, 5.41) is 10.3. The predicted molar refractivity (Wildman–Crippen MR) is 82.8 cm³/mol. The summed E-state index contributed by atoms with van der Waals surface area (Å²) in [4.78, 5) is 30.0. The average molecular weight is 311 g/mol. The quantitative estimate of drug-likeness (QED) is 0.442. The molecule has 7 heteroatoms. The second-order valence-electron chi connectivity index (χ2n) is 4.42. The van der Waals surface area contributed by atoms with Gasteiger partial charge in [-0.15, -0.1) is 0 Å². The van der Waals surface area contributed by atoms with Crippen molar-refractivity contribution >= 4 is 22.7 Å². The Morgan fingerprint density at radius 3 is 2.82 bits per heavy atom. The lowest BCUT2D eigenvalue weighted by Gasteiger charge is -2.06. The fraction of sp³-hybridized carbons (Fsp3) is 0.0667. The smallest absolute Gasteiger partial charge is 0.336 e. The van der Waals surface area contributed by atoms with Crippen molar-refractivity contribution in [1.82, 2.24) is 9.97 Å². The minimum atomic E-state index is -0.475. The topological polar surface area (TPSA) is 99.8 Å². The second kappa shape index (κ2) is 5.50. The minimum absolute atomic E-state index is 0.0467. The highest BCUT2D eigenvalue weighted by atomic mass is 32.2. The van der Waals surface area contributed by atoms with E-state index in [0.29, 0.717) is 27.4 Å². The van der Waals surface area contributed by atoms with Crippen LogP contribution in [0.15, 0.2) is 49.5 Å². The zero-order valence-corrected chi connectivity index (χ0v) is 12.2. The van der Waals surface area contributed by atoms with Gasteiger partial charge in [0.25, 0.3) is 5.56 Å². The molecule has 1 aromatic carbocycles. The molecule has 0 aliphatic carbocycles. The number of nitrogens with one attached hydrogen (secondary N) is 1. The second-order valence-corrected chi connectivity index (χ2v) is 5.21. The molecule has 0 aliphatic rings. The van der Waals surface area contributed by atoms with Gasteiger partial charge in [-0.1, -0.05) is 11.8 Å². The highest BCUT2D eigenvalue weighted by molar-refractivity contribution is 7.98. The third-order valence-corrected chi connectivity index (χ3v) is 3.68. The van der Waals surface area contributed by atoms with Crippen molar-refractivity contribution in [1.29, 1.82) is 5.26 Å². The summed E-state index contributed by atoms with van der Waals surface area (Å²) in [6, 6.07) is 9.83. The van der Waals surface area contributed by atoms with E-state index in [1.807, 2.05) is 6.07 Å². The molecule has 1 N–H and O–H groups in total. The van der Waals surface area contributed by atoms with Gasteiger partial charge in [0.05, 0.1) is 5.69 Å². The number of rotatable bonds is 2. The average Bonchev–Trinajstić information content (AvgIpc) is 2.53. The standard InChI is InChI=1S/C15H9N3O3S/c1-22-15-17-13(10(7-16)14(20)18-15)9-2-4-11-8(6-9)3-5-12(19)21-11/h2-6H,1H3,(H,17,18,20). The van der Waals surface area contributed by atoms with Crippen molar-refractivity contribution in [2.75, 3.05) is 6.26 Å². The molecule has 3 aromatic rings. The van der Waals surface area contributed by atoms with Crippen LogP contribution in [0.2, 0.25) is 0 Å². The van der Waals surface area contributed by atoms with Crippen molar-refractivity contribution in [3.8, 4) is 17.3 Å². The van der Waals surface area contributed by atoms with E-state index in [1.54, 1.807) is 30.5 Å². The number of aromatic nitrogens is 2. The molecule has 0 saturated heterocycles. The summed E-state index contributed by atoms with van der Waals surface area (Å²) in [6.07, 6.45) is 1.78. The molecule has 0 amide bonds. The lowest BCUT2D eigenvalue weighted by molar-refractivity contribution is 0.561. The van der Waals surface area contributed by atoms with Gasteiger partial charge in [-0.3, -0.25) is 4.79 Å². The third-order valence-electron chi connectivity index (χ3n) is 3.10. The molecule has 3 rings (SSSR count). The Balaban J connectivity index is 2.29. The Labute approximate surface area is 128 Å². The molecule has 22 heavy (non-hydrogen) atoms. The normalized spacial score (nSPS) is 10.5. The van der Waals surface area contributed by atoms with Gasteiger partial charge >= 0.3 is 5.63 Å². The first-order chi connectivity index (χ1) is 10.6. The SMILES string of the molecule is CSc1nc(-c2ccc3oc(=O)ccc3c2)c(C#N)c(=O)[nH]1. The van der Waals surface area contributed by atoms with Crippen LogP contribution in [0.25, 0.3) is 22.2 Å². The van der Waals surface area contributed by atoms with Crippen molar-refractivity contribution in [3.05, 3.63) is 56.7 Å². The number of aromatic amines is 1. The fourth-order valence-corrected chi connectivity index (χ4v) is 2.46. The van der Waals surface area contributed by atoms with Gasteiger partial charge in [-0.2, -0.15) is 5.26 Å². The van der Waals surface area contributed by atoms with Crippen LogP contribution in [0.4, 0.5) is 0 Å². The predicted octanol–water partition coefficient (Wildman–Crippen LogP) is 2.14. The first-order valence-electron chi connectivity index (χ1n) is 6.25. The van der Waals surface area contributed by atoms with Crippen LogP contribution >= 0.6 is 11.8 Å². The number of thioether (sulfide) groups is 1. The number of nitrogens with zero attached hydrogens (tertiary/aromatic N) is 2. The van der Waals surface area contributed by atoms with Crippen LogP contribution < -0.4 is 11.2 Å². The van der Waals surface area contributed by atoms with Crippen LogP contribution in [-0.2, 0) is 0 Å². The maximum Gasteiger partial charge on any atom is 0.336 e. The van der Waals surface area contributed by atoms with Gasteiger partial charge in [0.2, 0.25) is 0 Å². The summed E-state index contributed by atoms with van der Waals surface area (Å²) in [5.74, 6) is 0. The lowest BCUT2D eigenvalue weighted by atomic mass is 10.1. The lowest BCUT2D eigenvalue weighted by Crippen LogP contribution is -2.14. The number of H-pyrrole nitrogens is 1. The van der Waals surface area contributed by atoms with Crippen molar-refractivity contribution in [3.63, 3.8) is 0 Å². The van der Waals surface area contributed by atoms with Crippen LogP contribution in [0, 0.1) is 11.3 Å². The Morgan fingerprint density at radius 1 is 1.27 bits per heavy atom. The fourth-order valence-electron chi connectivity index (χ4n) is 2.08. The third kappa shape index (κ3) is 2.40. The summed E-state index contributed by atoms with van der Waals surface area (Å²) < 4.78 is 5.06. The van der Waals surface area contributed by atoms with Gasteiger partial charge in [0, 0.05) is 17.0 Å². The van der Waals surface area contributed by atoms with E-state index in [0.717, 1.165) is 0 Å². The molecular weight excluding hydrogens is 302 g/mol. The van der Waals surface area contributed by atoms with Gasteiger partial charge in [-0.05, 0) is 30.5 Å². The van der Waals surface area contributed by atoms with Crippen LogP contribution in [0.1, 0.15) is 5.56 Å². The van der Waals surface area contributed by atoms with Gasteiger partial charge < -0.3 is 9.40 Å². The van der Waals surface area contributed by atoms with Crippen LogP contribution in [0.5, 0.6) is 0 Å². The molecule has 0 aliphatic heterocycles. The zero-order chi connectivity index (χ0) is 15.7. The first-order valence-corrected chi connectivity index (χ1v) is 7.47. The van der Waals surface area contributed by atoms with Gasteiger partial charge in [0.15, 0.2) is 5.16 Å². The molecular formula is C15H9N3O3S. The largest absolute Gasteiger partial charge is 0.423 e. The van der Waals surface area contributed by atoms with Crippen molar-refractivity contribution in [2.45, 2.75) is 5.16 Å². The molecule has 6 nitrogen and oxygen atoms in total. The van der Waals surface area contributed by atoms with Crippen LogP contribution in [0.3, 0.4) is 0 Å². The Morgan fingerprint density at radius 2 is 2.09 bits per heavy atom. The summed E-state index contributed by atoms with van der Waals surface area (Å²) >= 11 is 1.28. The van der Waals surface area contributed by atoms with Gasteiger partial charge in [0.1, 0.15) is 17.2 Å². The van der Waals surface area contributed by atoms with E-state index in [9.17, 15) is 14.9 Å². The van der Waals surface area contributed by atoms with Crippen molar-refractivity contribution in [2.24, 2.45) is 0 Å². The highest BCUT2D eigenvalue weighted by Gasteiger charge is 2.13. The van der Waals surface area contributed by atoms with E-state index < -0.39 is 11.2 Å². The van der Waals surface area contributed by atoms with E-state index in [4.69, 9.17) is 4.42 Å². The Hall–Kier alpha value is -2.85. The molecule has 2 aromatic heterocycles. The van der Waals surface area contributed by atoms with E-state index in [-0.39, 0.29) is 5.56 Å². The number of fused-ring (bicyclic) bond motifs is 1. The molecule has 0 atom stereocenters. The molecule has 0 saturated carbocycles. The molecule has 108 valence electrons. The number of benzene rings is 1.